The standard InChI is InChI=1S/C9H12O/c1-9(8-7-10-8)5-3-2-4-6-9/h2-5,8H,6-7H2,1H3. The lowest BCUT2D eigenvalue weighted by Gasteiger charge is -2.23. The van der Waals surface area contributed by atoms with Crippen LogP contribution in [0.25, 0.3) is 0 Å². The molecular weight excluding hydrogens is 124 g/mol. The molecule has 0 spiro atoms. The first-order valence-corrected chi connectivity index (χ1v) is 3.77. The summed E-state index contributed by atoms with van der Waals surface area (Å²) in [5, 5.41) is 0. The van der Waals surface area contributed by atoms with Gasteiger partial charge in [-0.2, -0.15) is 0 Å². The highest BCUT2D eigenvalue weighted by atomic mass is 16.6. The molecule has 0 amide bonds. The van der Waals surface area contributed by atoms with Crippen LogP contribution in [0.5, 0.6) is 0 Å². The van der Waals surface area contributed by atoms with E-state index < -0.39 is 0 Å². The molecule has 2 atom stereocenters. The minimum Gasteiger partial charge on any atom is -0.372 e. The maximum absolute atomic E-state index is 5.27. The summed E-state index contributed by atoms with van der Waals surface area (Å²) in [6, 6.07) is 0. The zero-order valence-corrected chi connectivity index (χ0v) is 6.21. The topological polar surface area (TPSA) is 12.5 Å². The van der Waals surface area contributed by atoms with Crippen molar-refractivity contribution in [2.45, 2.75) is 19.4 Å². The molecule has 0 aromatic carbocycles. The molecule has 1 heteroatoms. The minimum absolute atomic E-state index is 0.300. The second-order valence-electron chi connectivity index (χ2n) is 3.32. The molecule has 0 aromatic rings. The van der Waals surface area contributed by atoms with Crippen molar-refractivity contribution in [2.24, 2.45) is 5.41 Å². The summed E-state index contributed by atoms with van der Waals surface area (Å²) in [5.74, 6) is 0. The summed E-state index contributed by atoms with van der Waals surface area (Å²) >= 11 is 0. The largest absolute Gasteiger partial charge is 0.372 e. The van der Waals surface area contributed by atoms with Gasteiger partial charge in [-0.3, -0.25) is 0 Å². The van der Waals surface area contributed by atoms with Gasteiger partial charge in [-0.15, -0.1) is 0 Å². The van der Waals surface area contributed by atoms with Crippen LogP contribution in [0.2, 0.25) is 0 Å². The van der Waals surface area contributed by atoms with Gasteiger partial charge in [-0.25, -0.2) is 0 Å². The van der Waals surface area contributed by atoms with E-state index in [9.17, 15) is 0 Å². The van der Waals surface area contributed by atoms with Crippen molar-refractivity contribution in [3.63, 3.8) is 0 Å². The normalized spacial score (nSPS) is 43.9. The van der Waals surface area contributed by atoms with E-state index in [4.69, 9.17) is 4.74 Å². The van der Waals surface area contributed by atoms with Gasteiger partial charge in [0.05, 0.1) is 12.7 Å². The molecule has 1 nitrogen and oxygen atoms in total. The summed E-state index contributed by atoms with van der Waals surface area (Å²) in [6.45, 7) is 3.21. The molecule has 1 aliphatic heterocycles. The van der Waals surface area contributed by atoms with Crippen molar-refractivity contribution < 1.29 is 4.74 Å². The van der Waals surface area contributed by atoms with Gasteiger partial charge in [-0.1, -0.05) is 31.2 Å². The van der Waals surface area contributed by atoms with Gasteiger partial charge in [0.15, 0.2) is 0 Å². The average molecular weight is 136 g/mol. The predicted molar refractivity (Wildman–Crippen MR) is 40.7 cm³/mol. The van der Waals surface area contributed by atoms with Crippen LogP contribution in [0.4, 0.5) is 0 Å². The number of epoxide rings is 1. The van der Waals surface area contributed by atoms with Gasteiger partial charge in [0.1, 0.15) is 0 Å². The number of rotatable bonds is 1. The highest BCUT2D eigenvalue weighted by molar-refractivity contribution is 5.18. The van der Waals surface area contributed by atoms with Crippen LogP contribution in [0.1, 0.15) is 13.3 Å². The third kappa shape index (κ3) is 0.907. The Labute approximate surface area is 61.4 Å². The fraction of sp³-hybridized carbons (Fsp3) is 0.556. The molecule has 2 aliphatic rings. The molecule has 10 heavy (non-hydrogen) atoms. The van der Waals surface area contributed by atoms with E-state index in [1.54, 1.807) is 0 Å². The van der Waals surface area contributed by atoms with Crippen LogP contribution < -0.4 is 0 Å². The van der Waals surface area contributed by atoms with Crippen molar-refractivity contribution in [3.8, 4) is 0 Å². The van der Waals surface area contributed by atoms with Crippen LogP contribution in [-0.2, 0) is 4.74 Å². The predicted octanol–water partition coefficient (Wildman–Crippen LogP) is 1.91. The Hall–Kier alpha value is -0.560. The molecule has 1 aliphatic carbocycles. The highest BCUT2D eigenvalue weighted by Crippen LogP contribution is 2.38. The molecule has 54 valence electrons. The fourth-order valence-corrected chi connectivity index (χ4v) is 1.41. The van der Waals surface area contributed by atoms with Crippen molar-refractivity contribution in [2.75, 3.05) is 6.61 Å². The second kappa shape index (κ2) is 1.96. The number of hydrogen-bond acceptors (Lipinski definition) is 1. The van der Waals surface area contributed by atoms with E-state index in [2.05, 4.69) is 31.2 Å². The Morgan fingerprint density at radius 2 is 2.30 bits per heavy atom. The van der Waals surface area contributed by atoms with Crippen LogP contribution in [0.3, 0.4) is 0 Å². The van der Waals surface area contributed by atoms with Gasteiger partial charge in [0, 0.05) is 5.41 Å². The first kappa shape index (κ1) is 6.17. The number of hydrogen-bond donors (Lipinski definition) is 0. The van der Waals surface area contributed by atoms with E-state index in [1.165, 1.54) is 0 Å². The summed E-state index contributed by atoms with van der Waals surface area (Å²) < 4.78 is 5.27. The lowest BCUT2D eigenvalue weighted by molar-refractivity contribution is 0.276. The first-order valence-electron chi connectivity index (χ1n) is 3.77. The maximum atomic E-state index is 5.27. The molecule has 0 N–H and O–H groups in total. The third-order valence-electron chi connectivity index (χ3n) is 2.35. The van der Waals surface area contributed by atoms with Crippen LogP contribution in [0.15, 0.2) is 24.3 Å². The molecular formula is C9H12O. The van der Waals surface area contributed by atoms with Crippen molar-refractivity contribution in [1.29, 1.82) is 0 Å². The van der Waals surface area contributed by atoms with Gasteiger partial charge in [0.2, 0.25) is 0 Å². The Morgan fingerprint density at radius 3 is 2.80 bits per heavy atom. The monoisotopic (exact) mass is 136 g/mol. The number of ether oxygens (including phenoxy) is 1. The number of allylic oxidation sites excluding steroid dienone is 3. The lowest BCUT2D eigenvalue weighted by Crippen LogP contribution is -2.20. The van der Waals surface area contributed by atoms with Crippen molar-refractivity contribution in [3.05, 3.63) is 24.3 Å². The molecule has 1 fully saturated rings. The van der Waals surface area contributed by atoms with E-state index in [0.29, 0.717) is 11.5 Å². The van der Waals surface area contributed by atoms with Crippen LogP contribution in [-0.4, -0.2) is 12.7 Å². The molecule has 1 saturated heterocycles. The smallest absolute Gasteiger partial charge is 0.0900 e. The minimum atomic E-state index is 0.300. The van der Waals surface area contributed by atoms with Gasteiger partial charge < -0.3 is 4.74 Å². The average Bonchev–Trinajstić information content (AvgIpc) is 2.69. The quantitative estimate of drug-likeness (QED) is 0.501. The van der Waals surface area contributed by atoms with Crippen molar-refractivity contribution >= 4 is 0 Å². The molecule has 0 saturated carbocycles. The van der Waals surface area contributed by atoms with Gasteiger partial charge in [-0.05, 0) is 6.42 Å². The SMILES string of the molecule is CC1(C2CO2)C=CC=CC1. The first-order chi connectivity index (χ1) is 4.81. The summed E-state index contributed by atoms with van der Waals surface area (Å²) in [5.41, 5.74) is 0.300. The van der Waals surface area contributed by atoms with E-state index >= 15 is 0 Å². The summed E-state index contributed by atoms with van der Waals surface area (Å²) in [6.07, 6.45) is 10.3. The van der Waals surface area contributed by atoms with Crippen LogP contribution in [0, 0.1) is 5.41 Å². The van der Waals surface area contributed by atoms with E-state index in [0.717, 1.165) is 13.0 Å². The van der Waals surface area contributed by atoms with Crippen LogP contribution >= 0.6 is 0 Å². The molecule has 2 unspecified atom stereocenters. The van der Waals surface area contributed by atoms with Crippen molar-refractivity contribution in [1.82, 2.24) is 0 Å². The Balaban J connectivity index is 2.14. The lowest BCUT2D eigenvalue weighted by atomic mass is 9.81. The van der Waals surface area contributed by atoms with E-state index in [1.807, 2.05) is 0 Å². The summed E-state index contributed by atoms with van der Waals surface area (Å²) in [4.78, 5) is 0. The highest BCUT2D eigenvalue weighted by Gasteiger charge is 2.40. The summed E-state index contributed by atoms with van der Waals surface area (Å²) in [7, 11) is 0. The molecule has 0 aromatic heterocycles. The molecule has 0 bridgehead atoms. The zero-order chi connectivity index (χ0) is 7.03. The Kier molecular flexibility index (Phi) is 1.21. The molecule has 1 heterocycles. The molecule has 2 rings (SSSR count). The second-order valence-corrected chi connectivity index (χ2v) is 3.32. The van der Waals surface area contributed by atoms with E-state index in [-0.39, 0.29) is 0 Å². The van der Waals surface area contributed by atoms with Gasteiger partial charge in [0.25, 0.3) is 0 Å². The van der Waals surface area contributed by atoms with Gasteiger partial charge >= 0.3 is 0 Å². The third-order valence-corrected chi connectivity index (χ3v) is 2.35. The zero-order valence-electron chi connectivity index (χ0n) is 6.21. The maximum Gasteiger partial charge on any atom is 0.0900 e. The fourth-order valence-electron chi connectivity index (χ4n) is 1.41. The Morgan fingerprint density at radius 1 is 1.50 bits per heavy atom. The Bertz CT molecular complexity index is 189. The molecule has 0 radical (unpaired) electrons.